The molecule has 0 saturated carbocycles. The highest BCUT2D eigenvalue weighted by Gasteiger charge is 2.18. The van der Waals surface area contributed by atoms with Gasteiger partial charge in [0.1, 0.15) is 0 Å². The van der Waals surface area contributed by atoms with Gasteiger partial charge in [0, 0.05) is 12.1 Å². The van der Waals surface area contributed by atoms with Gasteiger partial charge in [0.15, 0.2) is 0 Å². The Kier molecular flexibility index (Phi) is 4.65. The van der Waals surface area contributed by atoms with Gasteiger partial charge in [-0.05, 0) is 19.4 Å². The van der Waals surface area contributed by atoms with Gasteiger partial charge in [-0.3, -0.25) is 0 Å². The molecule has 0 unspecified atom stereocenters. The third-order valence-electron chi connectivity index (χ3n) is 2.14. The Balaban J connectivity index is 3.58. The van der Waals surface area contributed by atoms with Crippen LogP contribution in [-0.4, -0.2) is 18.6 Å². The summed E-state index contributed by atoms with van der Waals surface area (Å²) in [6.45, 7) is 8.34. The molecule has 0 aliphatic carbocycles. The number of hydrogen-bond donors (Lipinski definition) is 2. The van der Waals surface area contributed by atoms with Crippen molar-refractivity contribution in [2.45, 2.75) is 39.2 Å². The number of rotatable bonds is 5. The van der Waals surface area contributed by atoms with Crippen LogP contribution in [0, 0.1) is 0 Å². The van der Waals surface area contributed by atoms with E-state index in [-0.39, 0.29) is 5.54 Å². The van der Waals surface area contributed by atoms with E-state index >= 15 is 0 Å². The van der Waals surface area contributed by atoms with Crippen molar-refractivity contribution in [3.05, 3.63) is 0 Å². The average molecular weight is 144 g/mol. The van der Waals surface area contributed by atoms with Crippen LogP contribution in [0.3, 0.4) is 0 Å². The van der Waals surface area contributed by atoms with Crippen LogP contribution >= 0.6 is 0 Å². The third-order valence-corrected chi connectivity index (χ3v) is 2.14. The number of hydrogen-bond acceptors (Lipinski definition) is 2. The maximum atomic E-state index is 6.02. The molecule has 2 heteroatoms. The van der Waals surface area contributed by atoms with E-state index in [1.165, 1.54) is 0 Å². The lowest BCUT2D eigenvalue weighted by atomic mass is 9.94. The molecule has 2 nitrogen and oxygen atoms in total. The summed E-state index contributed by atoms with van der Waals surface area (Å²) in [6, 6.07) is 0. The van der Waals surface area contributed by atoms with Crippen molar-refractivity contribution in [3.8, 4) is 0 Å². The van der Waals surface area contributed by atoms with Crippen LogP contribution in [0.4, 0.5) is 0 Å². The predicted molar refractivity (Wildman–Crippen MR) is 46.0 cm³/mol. The minimum atomic E-state index is 0.0238. The Morgan fingerprint density at radius 2 is 1.70 bits per heavy atom. The maximum Gasteiger partial charge on any atom is 0.0275 e. The molecule has 0 bridgehead atoms. The zero-order valence-electron chi connectivity index (χ0n) is 7.41. The highest BCUT2D eigenvalue weighted by atomic mass is 14.9. The zero-order valence-corrected chi connectivity index (χ0v) is 7.41. The van der Waals surface area contributed by atoms with Gasteiger partial charge in [0.2, 0.25) is 0 Å². The molecule has 0 atom stereocenters. The fourth-order valence-corrected chi connectivity index (χ4v) is 0.874. The molecule has 0 aromatic heterocycles. The fourth-order valence-electron chi connectivity index (χ4n) is 0.874. The topological polar surface area (TPSA) is 38.0 Å². The van der Waals surface area contributed by atoms with Gasteiger partial charge in [-0.2, -0.15) is 0 Å². The Morgan fingerprint density at radius 1 is 1.20 bits per heavy atom. The number of nitrogens with two attached hydrogens (primary N) is 1. The van der Waals surface area contributed by atoms with Gasteiger partial charge in [0.25, 0.3) is 0 Å². The molecule has 0 heterocycles. The summed E-state index contributed by atoms with van der Waals surface area (Å²) in [7, 11) is 0. The Hall–Kier alpha value is -0.0800. The second-order valence-corrected chi connectivity index (χ2v) is 2.85. The van der Waals surface area contributed by atoms with Gasteiger partial charge in [-0.15, -0.1) is 0 Å². The molecule has 0 amide bonds. The predicted octanol–water partition coefficient (Wildman–Crippen LogP) is 1.11. The lowest BCUT2D eigenvalue weighted by Crippen LogP contribution is -2.47. The maximum absolute atomic E-state index is 6.02. The summed E-state index contributed by atoms with van der Waals surface area (Å²) >= 11 is 0. The molecule has 0 aliphatic rings. The molecule has 0 spiro atoms. The molecule has 0 aromatic rings. The summed E-state index contributed by atoms with van der Waals surface area (Å²) < 4.78 is 0. The van der Waals surface area contributed by atoms with E-state index in [0.29, 0.717) is 0 Å². The first kappa shape index (κ1) is 9.92. The monoisotopic (exact) mass is 144 g/mol. The average Bonchev–Trinajstić information content (AvgIpc) is 2.00. The van der Waals surface area contributed by atoms with E-state index in [1.807, 2.05) is 0 Å². The second-order valence-electron chi connectivity index (χ2n) is 2.85. The minimum absolute atomic E-state index is 0.0238. The Morgan fingerprint density at radius 3 is 2.00 bits per heavy atom. The van der Waals surface area contributed by atoms with E-state index in [1.54, 1.807) is 0 Å². The summed E-state index contributed by atoms with van der Waals surface area (Å²) in [5.41, 5.74) is 6.04. The van der Waals surface area contributed by atoms with E-state index in [2.05, 4.69) is 26.1 Å². The molecule has 0 aromatic carbocycles. The van der Waals surface area contributed by atoms with Gasteiger partial charge < -0.3 is 11.1 Å². The quantitative estimate of drug-likeness (QED) is 0.606. The van der Waals surface area contributed by atoms with Gasteiger partial charge in [-0.25, -0.2) is 0 Å². The van der Waals surface area contributed by atoms with Crippen molar-refractivity contribution in [2.75, 3.05) is 13.1 Å². The van der Waals surface area contributed by atoms with Crippen molar-refractivity contribution >= 4 is 0 Å². The second kappa shape index (κ2) is 4.69. The Bertz CT molecular complexity index is 77.3. The van der Waals surface area contributed by atoms with E-state index in [0.717, 1.165) is 25.9 Å². The van der Waals surface area contributed by atoms with Gasteiger partial charge >= 0.3 is 0 Å². The van der Waals surface area contributed by atoms with Crippen LogP contribution in [0.2, 0.25) is 0 Å². The molecule has 0 saturated heterocycles. The normalized spacial score (nSPS) is 12.0. The van der Waals surface area contributed by atoms with E-state index in [9.17, 15) is 0 Å². The molecule has 0 radical (unpaired) electrons. The first-order chi connectivity index (χ1) is 4.68. The third kappa shape index (κ3) is 3.18. The van der Waals surface area contributed by atoms with Crippen LogP contribution in [0.5, 0.6) is 0 Å². The van der Waals surface area contributed by atoms with Crippen LogP contribution in [0.15, 0.2) is 0 Å². The lowest BCUT2D eigenvalue weighted by Gasteiger charge is -2.26. The highest BCUT2D eigenvalue weighted by molar-refractivity contribution is 4.82. The van der Waals surface area contributed by atoms with Crippen LogP contribution < -0.4 is 11.1 Å². The van der Waals surface area contributed by atoms with Crippen LogP contribution in [0.1, 0.15) is 33.6 Å². The number of nitrogens with one attached hydrogen (secondary N) is 1. The molecule has 62 valence electrons. The summed E-state index contributed by atoms with van der Waals surface area (Å²) in [6.07, 6.45) is 2.10. The number of likely N-dealkylation sites (N-methyl/N-ethyl adjacent to an activating group) is 1. The standard InChI is InChI=1S/C8H20N2/c1-4-8(9,5-2)7-10-6-3/h10H,4-7,9H2,1-3H3. The SMILES string of the molecule is CCNCC(N)(CC)CC. The van der Waals surface area contributed by atoms with Crippen molar-refractivity contribution in [3.63, 3.8) is 0 Å². The molecule has 0 rings (SSSR count). The molecular formula is C8H20N2. The lowest BCUT2D eigenvalue weighted by molar-refractivity contribution is 0.374. The Labute approximate surface area is 64.2 Å². The molecule has 0 aliphatic heterocycles. The van der Waals surface area contributed by atoms with Crippen molar-refractivity contribution < 1.29 is 0 Å². The van der Waals surface area contributed by atoms with Crippen molar-refractivity contribution in [2.24, 2.45) is 5.73 Å². The minimum Gasteiger partial charge on any atom is -0.324 e. The summed E-state index contributed by atoms with van der Waals surface area (Å²) in [5.74, 6) is 0. The van der Waals surface area contributed by atoms with Gasteiger partial charge in [-0.1, -0.05) is 20.8 Å². The highest BCUT2D eigenvalue weighted by Crippen LogP contribution is 2.08. The summed E-state index contributed by atoms with van der Waals surface area (Å²) in [5, 5.41) is 3.27. The van der Waals surface area contributed by atoms with E-state index in [4.69, 9.17) is 5.73 Å². The van der Waals surface area contributed by atoms with E-state index < -0.39 is 0 Å². The molecule has 10 heavy (non-hydrogen) atoms. The largest absolute Gasteiger partial charge is 0.324 e. The molecular weight excluding hydrogens is 124 g/mol. The van der Waals surface area contributed by atoms with Crippen LogP contribution in [0.25, 0.3) is 0 Å². The van der Waals surface area contributed by atoms with Crippen LogP contribution in [-0.2, 0) is 0 Å². The van der Waals surface area contributed by atoms with Crippen molar-refractivity contribution in [1.29, 1.82) is 0 Å². The summed E-state index contributed by atoms with van der Waals surface area (Å²) in [4.78, 5) is 0. The van der Waals surface area contributed by atoms with Crippen molar-refractivity contribution in [1.82, 2.24) is 5.32 Å². The molecule has 3 N–H and O–H groups in total. The smallest absolute Gasteiger partial charge is 0.0275 e. The molecule has 0 fully saturated rings. The first-order valence-corrected chi connectivity index (χ1v) is 4.18. The fraction of sp³-hybridized carbons (Fsp3) is 1.00. The van der Waals surface area contributed by atoms with Gasteiger partial charge in [0.05, 0.1) is 0 Å². The first-order valence-electron chi connectivity index (χ1n) is 4.18. The zero-order chi connectivity index (χ0) is 8.04.